The number of ether oxygens (including phenoxy) is 1. The van der Waals surface area contributed by atoms with E-state index < -0.39 is 22.8 Å². The van der Waals surface area contributed by atoms with E-state index in [2.05, 4.69) is 10.9 Å². The number of hydrazine groups is 1. The predicted octanol–water partition coefficient (Wildman–Crippen LogP) is 0.596. The molecule has 0 saturated carbocycles. The Morgan fingerprint density at radius 3 is 2.84 bits per heavy atom. The number of amides is 2. The van der Waals surface area contributed by atoms with Crippen molar-refractivity contribution in [2.45, 2.75) is 18.9 Å². The molecule has 2 heterocycles. The monoisotopic (exact) mass is 285 g/mol. The Balaban J connectivity index is 1.86. The van der Waals surface area contributed by atoms with E-state index in [0.29, 0.717) is 13.0 Å². The topological polar surface area (TPSA) is 111 Å². The van der Waals surface area contributed by atoms with Gasteiger partial charge in [-0.3, -0.25) is 30.6 Å². The molecule has 1 fully saturated rings. The lowest BCUT2D eigenvalue weighted by Crippen LogP contribution is -2.46. The van der Waals surface area contributed by atoms with Crippen LogP contribution >= 0.6 is 11.3 Å². The Bertz CT molecular complexity index is 509. The molecule has 2 N–H and O–H groups in total. The van der Waals surface area contributed by atoms with Gasteiger partial charge in [0.2, 0.25) is 0 Å². The smallest absolute Gasteiger partial charge is 0.324 e. The minimum absolute atomic E-state index is 0.129. The number of carbonyl (C=O) groups excluding carboxylic acids is 2. The SMILES string of the molecule is O=C(NNC(=O)C1CCCO1)c1csc([N+](=O)[O-])c1. The maximum Gasteiger partial charge on any atom is 0.324 e. The lowest BCUT2D eigenvalue weighted by molar-refractivity contribution is -0.380. The maximum absolute atomic E-state index is 11.6. The van der Waals surface area contributed by atoms with Gasteiger partial charge in [-0.2, -0.15) is 0 Å². The van der Waals surface area contributed by atoms with Crippen molar-refractivity contribution in [2.75, 3.05) is 6.61 Å². The molecule has 0 radical (unpaired) electrons. The van der Waals surface area contributed by atoms with Gasteiger partial charge in [0.15, 0.2) is 0 Å². The average molecular weight is 285 g/mol. The molecule has 102 valence electrons. The lowest BCUT2D eigenvalue weighted by Gasteiger charge is -2.10. The number of nitro groups is 1. The molecule has 0 aliphatic carbocycles. The first-order valence-electron chi connectivity index (χ1n) is 5.52. The normalized spacial score (nSPS) is 18.0. The van der Waals surface area contributed by atoms with Gasteiger partial charge in [0.25, 0.3) is 11.8 Å². The summed E-state index contributed by atoms with van der Waals surface area (Å²) in [7, 11) is 0. The molecule has 0 spiro atoms. The molecule has 1 unspecified atom stereocenters. The Kier molecular flexibility index (Phi) is 4.07. The van der Waals surface area contributed by atoms with E-state index in [1.165, 1.54) is 5.38 Å². The molecule has 1 aliphatic heterocycles. The van der Waals surface area contributed by atoms with Crippen LogP contribution in [-0.2, 0) is 9.53 Å². The molecular formula is C10H11N3O5S. The number of hydrogen-bond donors (Lipinski definition) is 2. The molecule has 19 heavy (non-hydrogen) atoms. The number of nitrogens with zero attached hydrogens (tertiary/aromatic N) is 1. The van der Waals surface area contributed by atoms with E-state index >= 15 is 0 Å². The molecule has 8 nitrogen and oxygen atoms in total. The fraction of sp³-hybridized carbons (Fsp3) is 0.400. The molecule has 0 bridgehead atoms. The highest BCUT2D eigenvalue weighted by Gasteiger charge is 2.24. The van der Waals surface area contributed by atoms with Gasteiger partial charge in [-0.1, -0.05) is 11.3 Å². The van der Waals surface area contributed by atoms with E-state index in [9.17, 15) is 19.7 Å². The van der Waals surface area contributed by atoms with Crippen molar-refractivity contribution in [1.29, 1.82) is 0 Å². The first-order chi connectivity index (χ1) is 9.08. The van der Waals surface area contributed by atoms with Crippen LogP contribution in [0.5, 0.6) is 0 Å². The molecule has 1 atom stereocenters. The van der Waals surface area contributed by atoms with Crippen LogP contribution in [0.2, 0.25) is 0 Å². The van der Waals surface area contributed by atoms with E-state index in [0.717, 1.165) is 23.8 Å². The average Bonchev–Trinajstić information content (AvgIpc) is 3.05. The third kappa shape index (κ3) is 3.26. The quantitative estimate of drug-likeness (QED) is 0.624. The third-order valence-corrected chi connectivity index (χ3v) is 3.43. The molecular weight excluding hydrogens is 274 g/mol. The number of nitrogens with one attached hydrogen (secondary N) is 2. The van der Waals surface area contributed by atoms with Gasteiger partial charge in [0, 0.05) is 18.1 Å². The van der Waals surface area contributed by atoms with Crippen LogP contribution in [-0.4, -0.2) is 29.4 Å². The molecule has 1 aromatic heterocycles. The highest BCUT2D eigenvalue weighted by atomic mass is 32.1. The molecule has 9 heteroatoms. The molecule has 1 aromatic rings. The van der Waals surface area contributed by atoms with Gasteiger partial charge in [-0.15, -0.1) is 0 Å². The molecule has 1 aliphatic rings. The van der Waals surface area contributed by atoms with Crippen molar-refractivity contribution >= 4 is 28.2 Å². The summed E-state index contributed by atoms with van der Waals surface area (Å²) in [6.07, 6.45) is 0.881. The fourth-order valence-corrected chi connectivity index (χ4v) is 2.30. The largest absolute Gasteiger partial charge is 0.368 e. The van der Waals surface area contributed by atoms with Gasteiger partial charge >= 0.3 is 5.00 Å². The zero-order chi connectivity index (χ0) is 13.8. The summed E-state index contributed by atoms with van der Waals surface area (Å²) < 4.78 is 5.14. The first kappa shape index (κ1) is 13.4. The summed E-state index contributed by atoms with van der Waals surface area (Å²) in [6.45, 7) is 0.531. The Morgan fingerprint density at radius 2 is 2.26 bits per heavy atom. The van der Waals surface area contributed by atoms with E-state index in [-0.39, 0.29) is 10.6 Å². The van der Waals surface area contributed by atoms with E-state index in [1.807, 2.05) is 0 Å². The van der Waals surface area contributed by atoms with Gasteiger partial charge in [-0.25, -0.2) is 0 Å². The second-order valence-corrected chi connectivity index (χ2v) is 4.77. The number of carbonyl (C=O) groups is 2. The maximum atomic E-state index is 11.6. The van der Waals surface area contributed by atoms with Crippen molar-refractivity contribution in [3.05, 3.63) is 27.1 Å². The Hall–Kier alpha value is -2.00. The first-order valence-corrected chi connectivity index (χ1v) is 6.40. The highest BCUT2D eigenvalue weighted by molar-refractivity contribution is 7.13. The van der Waals surface area contributed by atoms with Gasteiger partial charge < -0.3 is 4.74 Å². The number of rotatable bonds is 3. The second-order valence-electron chi connectivity index (χ2n) is 3.88. The van der Waals surface area contributed by atoms with Crippen molar-refractivity contribution in [1.82, 2.24) is 10.9 Å². The van der Waals surface area contributed by atoms with Crippen LogP contribution in [0.4, 0.5) is 5.00 Å². The zero-order valence-electron chi connectivity index (χ0n) is 9.75. The van der Waals surface area contributed by atoms with Gasteiger partial charge in [-0.05, 0) is 12.8 Å². The van der Waals surface area contributed by atoms with Crippen molar-refractivity contribution in [3.63, 3.8) is 0 Å². The summed E-state index contributed by atoms with van der Waals surface area (Å²) in [6, 6.07) is 1.15. The molecule has 2 amide bonds. The second kappa shape index (κ2) is 5.76. The van der Waals surface area contributed by atoms with Crippen LogP contribution in [0, 0.1) is 10.1 Å². The summed E-state index contributed by atoms with van der Waals surface area (Å²) in [5.41, 5.74) is 4.56. The number of thiophene rings is 1. The predicted molar refractivity (Wildman–Crippen MR) is 65.6 cm³/mol. The van der Waals surface area contributed by atoms with E-state index in [4.69, 9.17) is 4.74 Å². The van der Waals surface area contributed by atoms with Crippen molar-refractivity contribution in [3.8, 4) is 0 Å². The van der Waals surface area contributed by atoms with Crippen LogP contribution in [0.1, 0.15) is 23.2 Å². The Morgan fingerprint density at radius 1 is 1.47 bits per heavy atom. The standard InChI is InChI=1S/C10H11N3O5S/c14-9(6-4-8(13(16)17)19-5-6)11-12-10(15)7-2-1-3-18-7/h4-5,7H,1-3H2,(H,11,14)(H,12,15). The summed E-state index contributed by atoms with van der Waals surface area (Å²) in [4.78, 5) is 33.1. The minimum Gasteiger partial charge on any atom is -0.368 e. The molecule has 1 saturated heterocycles. The lowest BCUT2D eigenvalue weighted by atomic mass is 10.2. The highest BCUT2D eigenvalue weighted by Crippen LogP contribution is 2.22. The van der Waals surface area contributed by atoms with Crippen molar-refractivity contribution in [2.24, 2.45) is 0 Å². The van der Waals surface area contributed by atoms with Crippen LogP contribution < -0.4 is 10.9 Å². The van der Waals surface area contributed by atoms with Crippen LogP contribution in [0.3, 0.4) is 0 Å². The zero-order valence-corrected chi connectivity index (χ0v) is 10.6. The summed E-state index contributed by atoms with van der Waals surface area (Å²) in [5, 5.41) is 11.7. The minimum atomic E-state index is -0.601. The van der Waals surface area contributed by atoms with Crippen LogP contribution in [0.25, 0.3) is 0 Å². The van der Waals surface area contributed by atoms with E-state index in [1.54, 1.807) is 0 Å². The molecule has 2 rings (SSSR count). The fourth-order valence-electron chi connectivity index (χ4n) is 1.60. The van der Waals surface area contributed by atoms with Crippen LogP contribution in [0.15, 0.2) is 11.4 Å². The van der Waals surface area contributed by atoms with Gasteiger partial charge in [0.05, 0.1) is 10.5 Å². The Labute approximate surface area is 111 Å². The van der Waals surface area contributed by atoms with Gasteiger partial charge in [0.1, 0.15) is 6.10 Å². The third-order valence-electron chi connectivity index (χ3n) is 2.55. The van der Waals surface area contributed by atoms with Crippen molar-refractivity contribution < 1.29 is 19.2 Å². The number of hydrogen-bond acceptors (Lipinski definition) is 6. The summed E-state index contributed by atoms with van der Waals surface area (Å²) in [5.74, 6) is -1.02. The molecule has 0 aromatic carbocycles. The summed E-state index contributed by atoms with van der Waals surface area (Å²) >= 11 is 0.848.